The van der Waals surface area contributed by atoms with E-state index in [0.29, 0.717) is 12.8 Å². The molecule has 0 heterocycles. The highest BCUT2D eigenvalue weighted by molar-refractivity contribution is 7.47. The average molecular weight is 875 g/mol. The van der Waals surface area contributed by atoms with Crippen LogP contribution in [0.15, 0.2) is 12.2 Å². The van der Waals surface area contributed by atoms with Gasteiger partial charge in [0.25, 0.3) is 0 Å². The molecule has 0 aromatic carbocycles. The molecule has 0 aromatic heterocycles. The number of phosphoric ester groups is 1. The third kappa shape index (κ3) is 44.8. The van der Waals surface area contributed by atoms with Crippen molar-refractivity contribution in [2.24, 2.45) is 0 Å². The van der Waals surface area contributed by atoms with Crippen LogP contribution in [0.1, 0.15) is 251 Å². The molecule has 0 aliphatic heterocycles. The lowest BCUT2D eigenvalue weighted by molar-refractivity contribution is -0.161. The quantitative estimate of drug-likeness (QED) is 0.0233. The number of carbonyl (C=O) groups excluding carboxylic acids is 2. The maximum absolute atomic E-state index is 12.7. The van der Waals surface area contributed by atoms with Crippen molar-refractivity contribution in [2.75, 3.05) is 26.4 Å². The maximum Gasteiger partial charge on any atom is 0.472 e. The lowest BCUT2D eigenvalue weighted by Gasteiger charge is -2.20. The van der Waals surface area contributed by atoms with Crippen molar-refractivity contribution in [2.45, 2.75) is 264 Å². The molecule has 0 fully saturated rings. The Morgan fingerprint density at radius 2 is 0.817 bits per heavy atom. The molecule has 0 aromatic rings. The van der Waals surface area contributed by atoms with Gasteiger partial charge in [0.05, 0.1) is 19.8 Å². The molecule has 0 amide bonds. The van der Waals surface area contributed by atoms with E-state index in [9.17, 15) is 24.2 Å². The van der Waals surface area contributed by atoms with E-state index < -0.39 is 51.8 Å². The summed E-state index contributed by atoms with van der Waals surface area (Å²) in [7, 11) is -4.62. The van der Waals surface area contributed by atoms with Crippen LogP contribution in [0.4, 0.5) is 0 Å². The number of allylic oxidation sites excluding steroid dienone is 2. The lowest BCUT2D eigenvalue weighted by Crippen LogP contribution is -2.29. The zero-order chi connectivity index (χ0) is 44.0. The molecule has 11 heteroatoms. The zero-order valence-electron chi connectivity index (χ0n) is 38.9. The monoisotopic (exact) mass is 875 g/mol. The molecule has 10 nitrogen and oxygen atoms in total. The van der Waals surface area contributed by atoms with E-state index in [2.05, 4.69) is 26.0 Å². The molecule has 60 heavy (non-hydrogen) atoms. The van der Waals surface area contributed by atoms with Crippen LogP contribution in [0.3, 0.4) is 0 Å². The van der Waals surface area contributed by atoms with Crippen molar-refractivity contribution < 1.29 is 47.8 Å². The molecular formula is C49H95O10P. The first kappa shape index (κ1) is 58.7. The summed E-state index contributed by atoms with van der Waals surface area (Å²) in [4.78, 5) is 35.1. The van der Waals surface area contributed by atoms with Gasteiger partial charge in [-0.2, -0.15) is 0 Å². The minimum Gasteiger partial charge on any atom is -0.462 e. The molecule has 356 valence electrons. The SMILES string of the molecule is CCCCCC/C=C/CCCCCCCCCCCC(=O)O[C@H](COC(=O)CCCCCCCCCCCCCCCCCCCCCC)COP(=O)(O)OC[C@@H](O)CO. The molecule has 0 bridgehead atoms. The van der Waals surface area contributed by atoms with Crippen LogP contribution in [-0.4, -0.2) is 65.7 Å². The smallest absolute Gasteiger partial charge is 0.462 e. The fourth-order valence-corrected chi connectivity index (χ4v) is 8.07. The van der Waals surface area contributed by atoms with Gasteiger partial charge in [-0.05, 0) is 38.5 Å². The van der Waals surface area contributed by atoms with Gasteiger partial charge < -0.3 is 24.6 Å². The van der Waals surface area contributed by atoms with E-state index in [0.717, 1.165) is 32.1 Å². The van der Waals surface area contributed by atoms with E-state index in [1.807, 2.05) is 0 Å². The minimum atomic E-state index is -4.62. The summed E-state index contributed by atoms with van der Waals surface area (Å²) in [6.45, 7) is 2.42. The Morgan fingerprint density at radius 1 is 0.483 bits per heavy atom. The fourth-order valence-electron chi connectivity index (χ4n) is 7.28. The Balaban J connectivity index is 4.15. The van der Waals surface area contributed by atoms with Gasteiger partial charge in [-0.3, -0.25) is 18.6 Å². The highest BCUT2D eigenvalue weighted by Crippen LogP contribution is 2.43. The van der Waals surface area contributed by atoms with Gasteiger partial charge in [0.15, 0.2) is 6.10 Å². The number of unbranched alkanes of at least 4 members (excludes halogenated alkanes) is 32. The van der Waals surface area contributed by atoms with E-state index in [4.69, 9.17) is 23.6 Å². The molecule has 0 aliphatic carbocycles. The van der Waals surface area contributed by atoms with Crippen molar-refractivity contribution in [3.8, 4) is 0 Å². The first-order valence-electron chi connectivity index (χ1n) is 25.1. The first-order valence-corrected chi connectivity index (χ1v) is 26.6. The maximum atomic E-state index is 12.7. The predicted octanol–water partition coefficient (Wildman–Crippen LogP) is 14.0. The number of aliphatic hydroxyl groups excluding tert-OH is 2. The van der Waals surface area contributed by atoms with Crippen LogP contribution in [-0.2, 0) is 32.7 Å². The Kier molecular flexibility index (Phi) is 44.7. The molecule has 0 aliphatic rings. The van der Waals surface area contributed by atoms with Crippen LogP contribution < -0.4 is 0 Å². The van der Waals surface area contributed by atoms with Crippen molar-refractivity contribution in [1.29, 1.82) is 0 Å². The summed E-state index contributed by atoms with van der Waals surface area (Å²) in [5.74, 6) is -0.911. The Hall–Kier alpha value is -1.29. The van der Waals surface area contributed by atoms with Gasteiger partial charge in [0, 0.05) is 12.8 Å². The standard InChI is InChI=1S/C49H95O10P/c1-3-5-7-9-11-13-15-17-19-21-22-23-25-26-28-30-32-34-36-38-40-48(52)56-44-47(45-58-60(54,55)57-43-46(51)42-50)59-49(53)41-39-37-35-33-31-29-27-24-20-18-16-14-12-10-8-6-4-2/h14,16,46-47,50-51H,3-13,15,17-45H2,1-2H3,(H,54,55)/b16-14+/t46-,47+/m0/s1. The van der Waals surface area contributed by atoms with Gasteiger partial charge in [0.1, 0.15) is 12.7 Å². The third-order valence-corrected chi connectivity index (χ3v) is 12.1. The van der Waals surface area contributed by atoms with Crippen LogP contribution in [0.5, 0.6) is 0 Å². The summed E-state index contributed by atoms with van der Waals surface area (Å²) in [6.07, 6.45) is 46.0. The highest BCUT2D eigenvalue weighted by atomic mass is 31.2. The summed E-state index contributed by atoms with van der Waals surface area (Å²) in [6, 6.07) is 0. The predicted molar refractivity (Wildman–Crippen MR) is 247 cm³/mol. The molecule has 0 spiro atoms. The average Bonchev–Trinajstić information content (AvgIpc) is 3.24. The number of carbonyl (C=O) groups is 2. The Bertz CT molecular complexity index is 1010. The van der Waals surface area contributed by atoms with Gasteiger partial charge in [-0.25, -0.2) is 4.57 Å². The van der Waals surface area contributed by atoms with Crippen molar-refractivity contribution in [3.63, 3.8) is 0 Å². The molecule has 0 saturated carbocycles. The molecule has 3 atom stereocenters. The molecule has 0 saturated heterocycles. The first-order chi connectivity index (χ1) is 29.2. The normalized spacial score (nSPS) is 13.8. The molecule has 0 rings (SSSR count). The number of hydrogen-bond acceptors (Lipinski definition) is 9. The van der Waals surface area contributed by atoms with Gasteiger partial charge in [-0.1, -0.05) is 212 Å². The Morgan fingerprint density at radius 3 is 1.22 bits per heavy atom. The van der Waals surface area contributed by atoms with E-state index in [-0.39, 0.29) is 19.4 Å². The van der Waals surface area contributed by atoms with Crippen LogP contribution >= 0.6 is 7.82 Å². The van der Waals surface area contributed by atoms with Crippen LogP contribution in [0.25, 0.3) is 0 Å². The third-order valence-electron chi connectivity index (χ3n) is 11.2. The number of hydrogen-bond donors (Lipinski definition) is 3. The zero-order valence-corrected chi connectivity index (χ0v) is 39.8. The second-order valence-corrected chi connectivity index (χ2v) is 18.7. The number of ether oxygens (including phenoxy) is 2. The Labute approximate surface area is 368 Å². The lowest BCUT2D eigenvalue weighted by atomic mass is 10.0. The number of phosphoric acid groups is 1. The second kappa shape index (κ2) is 45.7. The topological polar surface area (TPSA) is 149 Å². The summed E-state index contributed by atoms with van der Waals surface area (Å²) in [5.41, 5.74) is 0. The highest BCUT2D eigenvalue weighted by Gasteiger charge is 2.27. The molecule has 1 unspecified atom stereocenters. The summed E-state index contributed by atoms with van der Waals surface area (Å²) in [5, 5.41) is 18.4. The van der Waals surface area contributed by atoms with E-state index in [1.54, 1.807) is 0 Å². The molecular weight excluding hydrogens is 780 g/mol. The summed E-state index contributed by atoms with van der Waals surface area (Å²) < 4.78 is 32.9. The van der Waals surface area contributed by atoms with Crippen molar-refractivity contribution >= 4 is 19.8 Å². The molecule has 0 radical (unpaired) electrons. The number of aliphatic hydroxyl groups is 2. The van der Waals surface area contributed by atoms with Crippen molar-refractivity contribution in [3.05, 3.63) is 12.2 Å². The van der Waals surface area contributed by atoms with Crippen molar-refractivity contribution in [1.82, 2.24) is 0 Å². The second-order valence-electron chi connectivity index (χ2n) is 17.2. The van der Waals surface area contributed by atoms with Gasteiger partial charge in [-0.15, -0.1) is 0 Å². The summed E-state index contributed by atoms with van der Waals surface area (Å²) >= 11 is 0. The van der Waals surface area contributed by atoms with E-state index in [1.165, 1.54) is 180 Å². The number of rotatable bonds is 48. The fraction of sp³-hybridized carbons (Fsp3) is 0.918. The van der Waals surface area contributed by atoms with E-state index >= 15 is 0 Å². The number of esters is 2. The van der Waals surface area contributed by atoms with Gasteiger partial charge >= 0.3 is 19.8 Å². The van der Waals surface area contributed by atoms with Gasteiger partial charge in [0.2, 0.25) is 0 Å². The van der Waals surface area contributed by atoms with Crippen LogP contribution in [0, 0.1) is 0 Å². The largest absolute Gasteiger partial charge is 0.472 e. The minimum absolute atomic E-state index is 0.186. The molecule has 3 N–H and O–H groups in total. The van der Waals surface area contributed by atoms with Crippen LogP contribution in [0.2, 0.25) is 0 Å².